The summed E-state index contributed by atoms with van der Waals surface area (Å²) in [6.45, 7) is 5.34. The summed E-state index contributed by atoms with van der Waals surface area (Å²) < 4.78 is 0. The van der Waals surface area contributed by atoms with Crippen molar-refractivity contribution >= 4 is 7.41 Å². The first-order chi connectivity index (χ1) is 3.81. The SMILES string of the molecule is C=CC(N)NN[B]C. The number of nitrogens with two attached hydrogens (primary N) is 1. The highest BCUT2D eigenvalue weighted by molar-refractivity contribution is 6.29. The summed E-state index contributed by atoms with van der Waals surface area (Å²) >= 11 is 0. The van der Waals surface area contributed by atoms with Gasteiger partial charge in [0.2, 0.25) is 7.41 Å². The van der Waals surface area contributed by atoms with Gasteiger partial charge < -0.3 is 11.1 Å². The number of nitrogens with one attached hydrogen (secondary N) is 2. The predicted octanol–water partition coefficient (Wildman–Crippen LogP) is -0.781. The third-order valence-electron chi connectivity index (χ3n) is 0.648. The molecule has 0 aliphatic rings. The molecule has 0 aromatic rings. The second-order valence-corrected chi connectivity index (χ2v) is 1.34. The Kier molecular flexibility index (Phi) is 4.64. The molecule has 8 heavy (non-hydrogen) atoms. The summed E-state index contributed by atoms with van der Waals surface area (Å²) in [6, 6.07) is 0. The fraction of sp³-hybridized carbons (Fsp3) is 0.500. The molecule has 0 bridgehead atoms. The van der Waals surface area contributed by atoms with Gasteiger partial charge in [0.05, 0.1) is 6.17 Å². The lowest BCUT2D eigenvalue weighted by atomic mass is 10.0. The second kappa shape index (κ2) is 4.83. The van der Waals surface area contributed by atoms with Crippen LogP contribution < -0.4 is 16.5 Å². The average Bonchev–Trinajstić information content (AvgIpc) is 1.83. The van der Waals surface area contributed by atoms with Crippen LogP contribution in [0.1, 0.15) is 0 Å². The molecular weight excluding hydrogens is 101 g/mol. The van der Waals surface area contributed by atoms with Gasteiger partial charge in [-0.25, -0.2) is 5.43 Å². The Morgan fingerprint density at radius 3 is 2.88 bits per heavy atom. The van der Waals surface area contributed by atoms with Gasteiger partial charge in [0.15, 0.2) is 0 Å². The summed E-state index contributed by atoms with van der Waals surface area (Å²) in [4.78, 5) is 0. The average molecular weight is 112 g/mol. The molecule has 1 atom stereocenters. The predicted molar refractivity (Wildman–Crippen MR) is 36.1 cm³/mol. The normalized spacial score (nSPS) is 12.8. The van der Waals surface area contributed by atoms with E-state index in [1.165, 1.54) is 0 Å². The van der Waals surface area contributed by atoms with Crippen LogP contribution in [0.2, 0.25) is 6.82 Å². The maximum atomic E-state index is 5.35. The smallest absolute Gasteiger partial charge is 0.222 e. The minimum absolute atomic E-state index is 0.175. The molecule has 0 saturated carbocycles. The molecule has 0 aliphatic heterocycles. The van der Waals surface area contributed by atoms with Crippen molar-refractivity contribution in [2.24, 2.45) is 5.73 Å². The van der Waals surface area contributed by atoms with Gasteiger partial charge >= 0.3 is 0 Å². The van der Waals surface area contributed by atoms with Crippen LogP contribution >= 0.6 is 0 Å². The first kappa shape index (κ1) is 7.68. The van der Waals surface area contributed by atoms with Crippen LogP contribution in [0.25, 0.3) is 0 Å². The van der Waals surface area contributed by atoms with Gasteiger partial charge in [-0.2, -0.15) is 0 Å². The Labute approximate surface area is 50.6 Å². The number of hydrogen-bond donors (Lipinski definition) is 3. The molecule has 0 aromatic carbocycles. The van der Waals surface area contributed by atoms with Crippen molar-refractivity contribution in [1.82, 2.24) is 10.8 Å². The fourth-order valence-electron chi connectivity index (χ4n) is 0.238. The molecule has 45 valence electrons. The van der Waals surface area contributed by atoms with E-state index in [0.29, 0.717) is 0 Å². The first-order valence-electron chi connectivity index (χ1n) is 2.48. The van der Waals surface area contributed by atoms with Gasteiger partial charge in [0.1, 0.15) is 0 Å². The van der Waals surface area contributed by atoms with E-state index in [-0.39, 0.29) is 6.17 Å². The van der Waals surface area contributed by atoms with Crippen molar-refractivity contribution in [2.75, 3.05) is 0 Å². The van der Waals surface area contributed by atoms with Crippen LogP contribution in [-0.2, 0) is 0 Å². The molecule has 1 unspecified atom stereocenters. The Bertz CT molecular complexity index is 66.3. The molecule has 1 radical (unpaired) electrons. The Balaban J connectivity index is 2.98. The largest absolute Gasteiger partial charge is 0.312 e. The summed E-state index contributed by atoms with van der Waals surface area (Å²) in [5.41, 5.74) is 8.08. The van der Waals surface area contributed by atoms with Crippen molar-refractivity contribution in [1.29, 1.82) is 0 Å². The minimum Gasteiger partial charge on any atom is -0.312 e. The molecule has 0 aromatic heterocycles. The highest BCUT2D eigenvalue weighted by Gasteiger charge is 1.88. The summed E-state index contributed by atoms with van der Waals surface area (Å²) in [5.74, 6) is 0. The molecule has 0 saturated heterocycles. The molecule has 0 heterocycles. The zero-order valence-corrected chi connectivity index (χ0v) is 5.02. The number of hydrogen-bond acceptors (Lipinski definition) is 3. The van der Waals surface area contributed by atoms with E-state index in [4.69, 9.17) is 5.73 Å². The lowest BCUT2D eigenvalue weighted by Gasteiger charge is -2.07. The Hall–Kier alpha value is -0.315. The van der Waals surface area contributed by atoms with Gasteiger partial charge in [-0.05, 0) is 0 Å². The fourth-order valence-corrected chi connectivity index (χ4v) is 0.238. The molecule has 0 rings (SSSR count). The Morgan fingerprint density at radius 1 is 1.88 bits per heavy atom. The van der Waals surface area contributed by atoms with E-state index in [1.54, 1.807) is 13.5 Å². The molecule has 0 fully saturated rings. The number of hydrazine groups is 1. The number of rotatable bonds is 4. The van der Waals surface area contributed by atoms with Gasteiger partial charge in [-0.3, -0.25) is 0 Å². The quantitative estimate of drug-likeness (QED) is 0.193. The monoisotopic (exact) mass is 112 g/mol. The van der Waals surface area contributed by atoms with E-state index >= 15 is 0 Å². The molecule has 0 aliphatic carbocycles. The van der Waals surface area contributed by atoms with Crippen molar-refractivity contribution in [3.63, 3.8) is 0 Å². The lowest BCUT2D eigenvalue weighted by Crippen LogP contribution is -2.45. The molecular formula is C4H11BN3. The molecule has 0 spiro atoms. The standard InChI is InChI=1S/C4H11BN3/c1-3-4(6)7-8-5-2/h3-4,7-8H,1,6H2,2H3. The van der Waals surface area contributed by atoms with E-state index in [1.807, 2.05) is 6.82 Å². The van der Waals surface area contributed by atoms with E-state index in [9.17, 15) is 0 Å². The highest BCUT2D eigenvalue weighted by Crippen LogP contribution is 1.64. The molecule has 4 N–H and O–H groups in total. The van der Waals surface area contributed by atoms with Gasteiger partial charge in [0.25, 0.3) is 0 Å². The minimum atomic E-state index is -0.175. The van der Waals surface area contributed by atoms with Gasteiger partial charge in [-0.1, -0.05) is 12.9 Å². The summed E-state index contributed by atoms with van der Waals surface area (Å²) in [5, 5.41) is 2.73. The van der Waals surface area contributed by atoms with Crippen molar-refractivity contribution in [3.05, 3.63) is 12.7 Å². The van der Waals surface area contributed by atoms with Crippen LogP contribution in [0.15, 0.2) is 12.7 Å². The van der Waals surface area contributed by atoms with E-state index in [2.05, 4.69) is 17.3 Å². The zero-order valence-electron chi connectivity index (χ0n) is 5.02. The summed E-state index contributed by atoms with van der Waals surface area (Å²) in [6.07, 6.45) is 1.43. The van der Waals surface area contributed by atoms with Crippen LogP contribution in [0.4, 0.5) is 0 Å². The molecule has 0 amide bonds. The zero-order chi connectivity index (χ0) is 6.41. The molecule has 3 nitrogen and oxygen atoms in total. The lowest BCUT2D eigenvalue weighted by molar-refractivity contribution is 0.593. The maximum absolute atomic E-state index is 5.35. The molecule has 4 heteroatoms. The third kappa shape index (κ3) is 3.86. The van der Waals surface area contributed by atoms with E-state index < -0.39 is 0 Å². The van der Waals surface area contributed by atoms with Crippen molar-refractivity contribution in [3.8, 4) is 0 Å². The van der Waals surface area contributed by atoms with Crippen LogP contribution in [-0.4, -0.2) is 13.6 Å². The van der Waals surface area contributed by atoms with Gasteiger partial charge in [0, 0.05) is 0 Å². The van der Waals surface area contributed by atoms with Crippen molar-refractivity contribution < 1.29 is 0 Å². The highest BCUT2D eigenvalue weighted by atomic mass is 15.4. The van der Waals surface area contributed by atoms with Crippen LogP contribution in [0, 0.1) is 0 Å². The van der Waals surface area contributed by atoms with Crippen molar-refractivity contribution in [2.45, 2.75) is 13.0 Å². The van der Waals surface area contributed by atoms with Crippen LogP contribution in [0.5, 0.6) is 0 Å². The maximum Gasteiger partial charge on any atom is 0.222 e. The first-order valence-corrected chi connectivity index (χ1v) is 2.48. The van der Waals surface area contributed by atoms with Crippen LogP contribution in [0.3, 0.4) is 0 Å². The topological polar surface area (TPSA) is 50.1 Å². The second-order valence-electron chi connectivity index (χ2n) is 1.34. The van der Waals surface area contributed by atoms with Gasteiger partial charge in [-0.15, -0.1) is 6.58 Å². The Morgan fingerprint density at radius 2 is 2.50 bits per heavy atom. The van der Waals surface area contributed by atoms with E-state index in [0.717, 1.165) is 0 Å². The summed E-state index contributed by atoms with van der Waals surface area (Å²) in [7, 11) is 1.75. The third-order valence-corrected chi connectivity index (χ3v) is 0.648.